The molecule has 1 amide bonds. The third-order valence-corrected chi connectivity index (χ3v) is 2.09. The zero-order chi connectivity index (χ0) is 14.5. The Morgan fingerprint density at radius 3 is 2.32 bits per heavy atom. The maximum atomic E-state index is 11.7. The Bertz CT molecular complexity index is 507. The van der Waals surface area contributed by atoms with Crippen LogP contribution >= 0.6 is 0 Å². The molecule has 1 aromatic rings. The molecule has 19 heavy (non-hydrogen) atoms. The van der Waals surface area contributed by atoms with Gasteiger partial charge in [0.2, 0.25) is 0 Å². The van der Waals surface area contributed by atoms with Crippen LogP contribution in [0.25, 0.3) is 0 Å². The topological polar surface area (TPSA) is 79.2 Å². The Labute approximate surface area is 112 Å². The zero-order valence-corrected chi connectivity index (χ0v) is 11.2. The molecule has 0 aliphatic heterocycles. The first-order valence-electron chi connectivity index (χ1n) is 5.82. The number of hydrogen-bond acceptors (Lipinski definition) is 4. The van der Waals surface area contributed by atoms with Gasteiger partial charge in [-0.2, -0.15) is 5.26 Å². The number of nitrogens with zero attached hydrogens (tertiary/aromatic N) is 1. The minimum absolute atomic E-state index is 0.184. The van der Waals surface area contributed by atoms with Crippen LogP contribution in [0.5, 0.6) is 0 Å². The molecule has 0 aliphatic carbocycles. The van der Waals surface area contributed by atoms with Gasteiger partial charge < -0.3 is 10.1 Å². The Balaban J connectivity index is 2.51. The van der Waals surface area contributed by atoms with Gasteiger partial charge in [0, 0.05) is 5.56 Å². The molecule has 5 heteroatoms. The van der Waals surface area contributed by atoms with E-state index in [1.165, 1.54) is 12.1 Å². The zero-order valence-electron chi connectivity index (χ0n) is 11.2. The Hall–Kier alpha value is -2.35. The quantitative estimate of drug-likeness (QED) is 0.838. The molecule has 5 nitrogen and oxygen atoms in total. The first kappa shape index (κ1) is 14.7. The SMILES string of the molecule is CC(C)(C)OC(=O)CNC(=O)c1ccc(C#N)cc1. The highest BCUT2D eigenvalue weighted by Gasteiger charge is 2.16. The van der Waals surface area contributed by atoms with Crippen LogP contribution in [0, 0.1) is 11.3 Å². The third kappa shape index (κ3) is 5.21. The Kier molecular flexibility index (Phi) is 4.65. The molecule has 0 saturated heterocycles. The minimum atomic E-state index is -0.573. The molecule has 0 fully saturated rings. The first-order valence-corrected chi connectivity index (χ1v) is 5.82. The molecule has 0 atom stereocenters. The Morgan fingerprint density at radius 1 is 1.26 bits per heavy atom. The third-order valence-electron chi connectivity index (χ3n) is 2.09. The van der Waals surface area contributed by atoms with E-state index in [2.05, 4.69) is 5.32 Å². The molecule has 0 aromatic heterocycles. The Morgan fingerprint density at radius 2 is 1.84 bits per heavy atom. The summed E-state index contributed by atoms with van der Waals surface area (Å²) >= 11 is 0. The van der Waals surface area contributed by atoms with Gasteiger partial charge >= 0.3 is 5.97 Å². The molecule has 0 radical (unpaired) electrons. The highest BCUT2D eigenvalue weighted by molar-refractivity contribution is 5.96. The molecule has 100 valence electrons. The number of ether oxygens (including phenoxy) is 1. The van der Waals surface area contributed by atoms with Crippen LogP contribution in [0.2, 0.25) is 0 Å². The number of carbonyl (C=O) groups is 2. The van der Waals surface area contributed by atoms with E-state index in [-0.39, 0.29) is 12.5 Å². The van der Waals surface area contributed by atoms with Crippen LogP contribution in [-0.2, 0) is 9.53 Å². The van der Waals surface area contributed by atoms with Crippen molar-refractivity contribution in [2.24, 2.45) is 0 Å². The van der Waals surface area contributed by atoms with Crippen molar-refractivity contribution in [1.82, 2.24) is 5.32 Å². The number of hydrogen-bond donors (Lipinski definition) is 1. The van der Waals surface area contributed by atoms with Gasteiger partial charge in [-0.05, 0) is 45.0 Å². The van der Waals surface area contributed by atoms with Gasteiger partial charge in [0.05, 0.1) is 11.6 Å². The van der Waals surface area contributed by atoms with Crippen LogP contribution in [0.4, 0.5) is 0 Å². The standard InChI is InChI=1S/C14H16N2O3/c1-14(2,3)19-12(17)9-16-13(18)11-6-4-10(8-15)5-7-11/h4-7H,9H2,1-3H3,(H,16,18). The summed E-state index contributed by atoms with van der Waals surface area (Å²) in [5.74, 6) is -0.871. The fraction of sp³-hybridized carbons (Fsp3) is 0.357. The lowest BCUT2D eigenvalue weighted by molar-refractivity contribution is -0.153. The van der Waals surface area contributed by atoms with Crippen LogP contribution in [0.3, 0.4) is 0 Å². The summed E-state index contributed by atoms with van der Waals surface area (Å²) in [5, 5.41) is 11.1. The van der Waals surface area contributed by atoms with Crippen molar-refractivity contribution in [2.75, 3.05) is 6.54 Å². The van der Waals surface area contributed by atoms with Crippen molar-refractivity contribution < 1.29 is 14.3 Å². The van der Waals surface area contributed by atoms with Crippen molar-refractivity contribution in [3.63, 3.8) is 0 Å². The van der Waals surface area contributed by atoms with E-state index in [1.54, 1.807) is 32.9 Å². The molecule has 0 heterocycles. The van der Waals surface area contributed by atoms with Gasteiger partial charge in [0.15, 0.2) is 0 Å². The summed E-state index contributed by atoms with van der Waals surface area (Å²) in [5.41, 5.74) is 0.294. The molecule has 1 rings (SSSR count). The van der Waals surface area contributed by atoms with Crippen LogP contribution in [0.1, 0.15) is 36.7 Å². The summed E-state index contributed by atoms with van der Waals surface area (Å²) in [7, 11) is 0. The molecule has 0 unspecified atom stereocenters. The van der Waals surface area contributed by atoms with Crippen LogP contribution < -0.4 is 5.32 Å². The second-order valence-corrected chi connectivity index (χ2v) is 4.96. The monoisotopic (exact) mass is 260 g/mol. The normalized spacial score (nSPS) is 10.4. The van der Waals surface area contributed by atoms with Gasteiger partial charge in [-0.15, -0.1) is 0 Å². The molecular formula is C14H16N2O3. The minimum Gasteiger partial charge on any atom is -0.459 e. The van der Waals surface area contributed by atoms with Crippen LogP contribution in [0.15, 0.2) is 24.3 Å². The highest BCUT2D eigenvalue weighted by atomic mass is 16.6. The van der Waals surface area contributed by atoms with E-state index in [4.69, 9.17) is 10.00 Å². The van der Waals surface area contributed by atoms with E-state index in [0.29, 0.717) is 11.1 Å². The van der Waals surface area contributed by atoms with Gasteiger partial charge in [-0.25, -0.2) is 0 Å². The number of carbonyl (C=O) groups excluding carboxylic acids is 2. The van der Waals surface area contributed by atoms with Crippen LogP contribution in [-0.4, -0.2) is 24.0 Å². The predicted molar refractivity (Wildman–Crippen MR) is 69.3 cm³/mol. The average Bonchev–Trinajstić information content (AvgIpc) is 2.34. The molecule has 0 saturated carbocycles. The molecule has 1 N–H and O–H groups in total. The summed E-state index contributed by atoms with van der Waals surface area (Å²) < 4.78 is 5.06. The van der Waals surface area contributed by atoms with E-state index in [0.717, 1.165) is 0 Å². The second kappa shape index (κ2) is 6.01. The lowest BCUT2D eigenvalue weighted by Gasteiger charge is -2.19. The summed E-state index contributed by atoms with van der Waals surface area (Å²) in [4.78, 5) is 23.1. The van der Waals surface area contributed by atoms with Crippen molar-refractivity contribution in [3.8, 4) is 6.07 Å². The number of nitrogens with one attached hydrogen (secondary N) is 1. The smallest absolute Gasteiger partial charge is 0.325 e. The lowest BCUT2D eigenvalue weighted by atomic mass is 10.1. The molecule has 0 aliphatic rings. The van der Waals surface area contributed by atoms with Crippen molar-refractivity contribution in [3.05, 3.63) is 35.4 Å². The number of rotatable bonds is 3. The summed E-state index contributed by atoms with van der Waals surface area (Å²) in [6.07, 6.45) is 0. The molecular weight excluding hydrogens is 244 g/mol. The summed E-state index contributed by atoms with van der Waals surface area (Å²) in [6, 6.07) is 8.11. The molecule has 0 spiro atoms. The largest absolute Gasteiger partial charge is 0.459 e. The molecule has 0 bridgehead atoms. The van der Waals surface area contributed by atoms with E-state index in [9.17, 15) is 9.59 Å². The average molecular weight is 260 g/mol. The van der Waals surface area contributed by atoms with Crippen molar-refractivity contribution in [2.45, 2.75) is 26.4 Å². The number of nitriles is 1. The predicted octanol–water partition coefficient (Wildman–Crippen LogP) is 1.63. The highest BCUT2D eigenvalue weighted by Crippen LogP contribution is 2.06. The van der Waals surface area contributed by atoms with Gasteiger partial charge in [-0.1, -0.05) is 0 Å². The number of esters is 1. The maximum absolute atomic E-state index is 11.7. The van der Waals surface area contributed by atoms with Crippen molar-refractivity contribution in [1.29, 1.82) is 5.26 Å². The van der Waals surface area contributed by atoms with E-state index >= 15 is 0 Å². The number of benzene rings is 1. The van der Waals surface area contributed by atoms with Gasteiger partial charge in [-0.3, -0.25) is 9.59 Å². The van der Waals surface area contributed by atoms with Gasteiger partial charge in [0.25, 0.3) is 5.91 Å². The second-order valence-electron chi connectivity index (χ2n) is 4.96. The summed E-state index contributed by atoms with van der Waals surface area (Å²) in [6.45, 7) is 5.09. The first-order chi connectivity index (χ1) is 8.81. The maximum Gasteiger partial charge on any atom is 0.325 e. The van der Waals surface area contributed by atoms with Gasteiger partial charge in [0.1, 0.15) is 12.1 Å². The van der Waals surface area contributed by atoms with Crippen molar-refractivity contribution >= 4 is 11.9 Å². The molecule has 1 aromatic carbocycles. The fourth-order valence-electron chi connectivity index (χ4n) is 1.33. The van der Waals surface area contributed by atoms with E-state index < -0.39 is 11.6 Å². The number of amides is 1. The van der Waals surface area contributed by atoms with E-state index in [1.807, 2.05) is 6.07 Å². The fourth-order valence-corrected chi connectivity index (χ4v) is 1.33. The lowest BCUT2D eigenvalue weighted by Crippen LogP contribution is -2.34.